The first-order valence-corrected chi connectivity index (χ1v) is 13.3. The molecule has 0 saturated carbocycles. The topological polar surface area (TPSA) is 68.2 Å². The molecule has 5 heteroatoms. The largest absolute Gasteiger partial charge is 0.508 e. The summed E-state index contributed by atoms with van der Waals surface area (Å²) in [6.07, 6.45) is 10.2. The van der Waals surface area contributed by atoms with Gasteiger partial charge in [0.05, 0.1) is 19.8 Å². The monoisotopic (exact) mass is 492 g/mol. The lowest BCUT2D eigenvalue weighted by atomic mass is 10.1. The van der Waals surface area contributed by atoms with Crippen molar-refractivity contribution in [2.45, 2.75) is 64.7 Å². The van der Waals surface area contributed by atoms with Gasteiger partial charge in [0.25, 0.3) is 0 Å². The van der Waals surface area contributed by atoms with Gasteiger partial charge in [-0.05, 0) is 79.6 Å². The van der Waals surface area contributed by atoms with E-state index in [2.05, 4.69) is 31.2 Å². The maximum atomic E-state index is 9.71. The van der Waals surface area contributed by atoms with Crippen LogP contribution in [0.5, 0.6) is 28.7 Å². The van der Waals surface area contributed by atoms with E-state index in [9.17, 15) is 10.2 Å². The zero-order chi connectivity index (χ0) is 25.4. The SMILES string of the molecule is CCCCCCCOc1ccc(-c2ccc(OCCCCCCOc3ccc(O)cc3O)cc2)cc1. The number of rotatable bonds is 17. The Hall–Kier alpha value is -3.34. The Kier molecular flexibility index (Phi) is 11.8. The molecule has 0 aliphatic heterocycles. The summed E-state index contributed by atoms with van der Waals surface area (Å²) in [7, 11) is 0. The van der Waals surface area contributed by atoms with Gasteiger partial charge >= 0.3 is 0 Å². The number of ether oxygens (including phenoxy) is 3. The first-order chi connectivity index (χ1) is 17.7. The number of hydrogen-bond donors (Lipinski definition) is 2. The zero-order valence-electron chi connectivity index (χ0n) is 21.5. The number of benzene rings is 3. The highest BCUT2D eigenvalue weighted by Gasteiger charge is 2.04. The molecule has 0 aliphatic rings. The second-order valence-corrected chi connectivity index (χ2v) is 9.07. The van der Waals surface area contributed by atoms with Gasteiger partial charge in [-0.15, -0.1) is 0 Å². The summed E-state index contributed by atoms with van der Waals surface area (Å²) in [5.74, 6) is 2.20. The second-order valence-electron chi connectivity index (χ2n) is 9.07. The van der Waals surface area contributed by atoms with E-state index in [-0.39, 0.29) is 11.5 Å². The highest BCUT2D eigenvalue weighted by atomic mass is 16.5. The molecule has 0 unspecified atom stereocenters. The van der Waals surface area contributed by atoms with Crippen LogP contribution < -0.4 is 14.2 Å². The zero-order valence-corrected chi connectivity index (χ0v) is 21.5. The van der Waals surface area contributed by atoms with Crippen LogP contribution in [0.25, 0.3) is 11.1 Å². The van der Waals surface area contributed by atoms with Crippen LogP contribution in [0.1, 0.15) is 64.7 Å². The van der Waals surface area contributed by atoms with Crippen LogP contribution in [0.3, 0.4) is 0 Å². The molecule has 3 aromatic carbocycles. The summed E-state index contributed by atoms with van der Waals surface area (Å²) < 4.78 is 17.3. The van der Waals surface area contributed by atoms with Gasteiger partial charge in [0.1, 0.15) is 17.2 Å². The molecule has 0 radical (unpaired) electrons. The van der Waals surface area contributed by atoms with Gasteiger partial charge < -0.3 is 24.4 Å². The number of phenols is 2. The van der Waals surface area contributed by atoms with Gasteiger partial charge in [0, 0.05) is 6.07 Å². The van der Waals surface area contributed by atoms with Crippen LogP contribution in [-0.2, 0) is 0 Å². The molecule has 2 N–H and O–H groups in total. The minimum Gasteiger partial charge on any atom is -0.508 e. The number of hydrogen-bond acceptors (Lipinski definition) is 5. The molecule has 0 aliphatic carbocycles. The minimum absolute atomic E-state index is 0.0253. The quantitative estimate of drug-likeness (QED) is 0.186. The van der Waals surface area contributed by atoms with Crippen molar-refractivity contribution < 1.29 is 24.4 Å². The molecule has 3 rings (SSSR count). The summed E-state index contributed by atoms with van der Waals surface area (Å²) >= 11 is 0. The fraction of sp³-hybridized carbons (Fsp3) is 0.419. The average Bonchev–Trinajstić information content (AvgIpc) is 2.89. The Bertz CT molecular complexity index is 998. The van der Waals surface area contributed by atoms with E-state index >= 15 is 0 Å². The fourth-order valence-corrected chi connectivity index (χ4v) is 3.94. The van der Waals surface area contributed by atoms with E-state index in [1.54, 1.807) is 6.07 Å². The van der Waals surface area contributed by atoms with Crippen molar-refractivity contribution in [3.63, 3.8) is 0 Å². The first-order valence-electron chi connectivity index (χ1n) is 13.3. The summed E-state index contributed by atoms with van der Waals surface area (Å²) in [6.45, 7) is 4.24. The van der Waals surface area contributed by atoms with E-state index in [0.717, 1.165) is 55.8 Å². The molecule has 0 amide bonds. The Morgan fingerprint density at radius 2 is 1.00 bits per heavy atom. The molecular formula is C31H40O5. The van der Waals surface area contributed by atoms with Crippen LogP contribution in [0, 0.1) is 0 Å². The van der Waals surface area contributed by atoms with E-state index in [4.69, 9.17) is 14.2 Å². The molecule has 0 spiro atoms. The Morgan fingerprint density at radius 1 is 0.528 bits per heavy atom. The molecule has 0 saturated heterocycles. The van der Waals surface area contributed by atoms with Crippen molar-refractivity contribution in [2.75, 3.05) is 19.8 Å². The van der Waals surface area contributed by atoms with Gasteiger partial charge in [0.15, 0.2) is 11.5 Å². The van der Waals surface area contributed by atoms with E-state index in [1.807, 2.05) is 24.3 Å². The highest BCUT2D eigenvalue weighted by molar-refractivity contribution is 5.64. The molecule has 0 bridgehead atoms. The molecule has 36 heavy (non-hydrogen) atoms. The van der Waals surface area contributed by atoms with Crippen LogP contribution >= 0.6 is 0 Å². The number of unbranched alkanes of at least 4 members (excludes halogenated alkanes) is 7. The summed E-state index contributed by atoms with van der Waals surface area (Å²) in [5, 5.41) is 19.0. The van der Waals surface area contributed by atoms with Gasteiger partial charge in [0.2, 0.25) is 0 Å². The average molecular weight is 493 g/mol. The Morgan fingerprint density at radius 3 is 1.47 bits per heavy atom. The predicted molar refractivity (Wildman–Crippen MR) is 145 cm³/mol. The Balaban J connectivity index is 1.27. The maximum absolute atomic E-state index is 9.71. The van der Waals surface area contributed by atoms with Gasteiger partial charge in [-0.1, -0.05) is 56.9 Å². The second kappa shape index (κ2) is 15.6. The highest BCUT2D eigenvalue weighted by Crippen LogP contribution is 2.29. The van der Waals surface area contributed by atoms with Crippen LogP contribution in [0.2, 0.25) is 0 Å². The summed E-state index contributed by atoms with van der Waals surface area (Å²) in [6, 6.07) is 20.9. The van der Waals surface area contributed by atoms with Crippen molar-refractivity contribution in [3.8, 4) is 39.9 Å². The molecule has 5 nitrogen and oxygen atoms in total. The van der Waals surface area contributed by atoms with Crippen molar-refractivity contribution in [2.24, 2.45) is 0 Å². The van der Waals surface area contributed by atoms with Crippen molar-refractivity contribution in [1.29, 1.82) is 0 Å². The van der Waals surface area contributed by atoms with Gasteiger partial charge in [-0.3, -0.25) is 0 Å². The van der Waals surface area contributed by atoms with Gasteiger partial charge in [-0.2, -0.15) is 0 Å². The molecule has 194 valence electrons. The van der Waals surface area contributed by atoms with E-state index < -0.39 is 0 Å². The third-order valence-corrected chi connectivity index (χ3v) is 6.07. The summed E-state index contributed by atoms with van der Waals surface area (Å²) in [4.78, 5) is 0. The fourth-order valence-electron chi connectivity index (χ4n) is 3.94. The Labute approximate surface area is 215 Å². The smallest absolute Gasteiger partial charge is 0.161 e. The standard InChI is InChI=1S/C31H40O5/c1-2-3-4-5-8-21-34-28-16-11-25(12-17-28)26-13-18-29(19-14-26)35-22-9-6-7-10-23-36-31-20-15-27(32)24-30(31)33/h11-20,24,32-33H,2-10,21-23H2,1H3. The molecule has 0 aromatic heterocycles. The minimum atomic E-state index is -0.0380. The molecule has 0 heterocycles. The number of aromatic hydroxyl groups is 2. The lowest BCUT2D eigenvalue weighted by Crippen LogP contribution is -2.00. The third-order valence-electron chi connectivity index (χ3n) is 6.07. The number of phenolic OH excluding ortho intramolecular Hbond substituents is 2. The first kappa shape index (κ1) is 27.3. The maximum Gasteiger partial charge on any atom is 0.161 e. The van der Waals surface area contributed by atoms with Crippen LogP contribution in [0.15, 0.2) is 66.7 Å². The molecule has 3 aromatic rings. The molecule has 0 fully saturated rings. The molecular weight excluding hydrogens is 452 g/mol. The van der Waals surface area contributed by atoms with Crippen molar-refractivity contribution >= 4 is 0 Å². The third kappa shape index (κ3) is 9.73. The lowest BCUT2D eigenvalue weighted by Gasteiger charge is -2.10. The van der Waals surface area contributed by atoms with Crippen molar-refractivity contribution in [3.05, 3.63) is 66.7 Å². The van der Waals surface area contributed by atoms with E-state index in [0.29, 0.717) is 19.0 Å². The predicted octanol–water partition coefficient (Wildman–Crippen LogP) is 8.13. The van der Waals surface area contributed by atoms with Crippen LogP contribution in [-0.4, -0.2) is 30.0 Å². The van der Waals surface area contributed by atoms with E-state index in [1.165, 1.54) is 43.4 Å². The summed E-state index contributed by atoms with van der Waals surface area (Å²) in [5.41, 5.74) is 2.33. The molecule has 0 atom stereocenters. The lowest BCUT2D eigenvalue weighted by molar-refractivity contribution is 0.279. The van der Waals surface area contributed by atoms with Crippen LogP contribution in [0.4, 0.5) is 0 Å². The van der Waals surface area contributed by atoms with Crippen molar-refractivity contribution in [1.82, 2.24) is 0 Å². The van der Waals surface area contributed by atoms with Gasteiger partial charge in [-0.25, -0.2) is 0 Å². The normalized spacial score (nSPS) is 10.8.